The number of carbonyl (C=O) groups is 1. The zero-order valence-electron chi connectivity index (χ0n) is 13.1. The molecule has 0 spiro atoms. The molecule has 1 saturated carbocycles. The standard InChI is InChI=1S/C17H19ClN4O2/c18-14-3-1-2-4-15(14)22-17(23)21-12-5-7-13(8-6-12)24-16-11-19-9-10-20-16/h1-4,9-13H,5-8H2,(H2,21,22,23). The molecule has 1 aliphatic carbocycles. The number of halogens is 1. The van der Waals surface area contributed by atoms with Crippen LogP contribution in [0.4, 0.5) is 10.5 Å². The Hall–Kier alpha value is -2.34. The molecule has 0 saturated heterocycles. The summed E-state index contributed by atoms with van der Waals surface area (Å²) in [6, 6.07) is 7.07. The Morgan fingerprint density at radius 3 is 2.67 bits per heavy atom. The highest BCUT2D eigenvalue weighted by Crippen LogP contribution is 2.23. The summed E-state index contributed by atoms with van der Waals surface area (Å²) in [4.78, 5) is 20.2. The highest BCUT2D eigenvalue weighted by atomic mass is 35.5. The molecule has 0 bridgehead atoms. The van der Waals surface area contributed by atoms with E-state index < -0.39 is 0 Å². The lowest BCUT2D eigenvalue weighted by Crippen LogP contribution is -2.41. The number of para-hydroxylation sites is 1. The fraction of sp³-hybridized carbons (Fsp3) is 0.353. The summed E-state index contributed by atoms with van der Waals surface area (Å²) < 4.78 is 5.80. The van der Waals surface area contributed by atoms with Crippen LogP contribution in [0.3, 0.4) is 0 Å². The number of hydrogen-bond acceptors (Lipinski definition) is 4. The van der Waals surface area contributed by atoms with Gasteiger partial charge in [0, 0.05) is 18.4 Å². The van der Waals surface area contributed by atoms with Crippen LogP contribution in [-0.2, 0) is 0 Å². The van der Waals surface area contributed by atoms with Crippen LogP contribution in [0.15, 0.2) is 42.9 Å². The third kappa shape index (κ3) is 4.58. The number of anilines is 1. The van der Waals surface area contributed by atoms with Gasteiger partial charge in [0.1, 0.15) is 6.10 Å². The van der Waals surface area contributed by atoms with E-state index in [1.807, 2.05) is 12.1 Å². The van der Waals surface area contributed by atoms with Gasteiger partial charge < -0.3 is 15.4 Å². The van der Waals surface area contributed by atoms with Gasteiger partial charge in [-0.1, -0.05) is 23.7 Å². The van der Waals surface area contributed by atoms with Crippen LogP contribution >= 0.6 is 11.6 Å². The lowest BCUT2D eigenvalue weighted by atomic mass is 9.93. The Bertz CT molecular complexity index is 675. The molecule has 24 heavy (non-hydrogen) atoms. The number of carbonyl (C=O) groups excluding carboxylic acids is 1. The quantitative estimate of drug-likeness (QED) is 0.886. The molecule has 7 heteroatoms. The number of rotatable bonds is 4. The van der Waals surface area contributed by atoms with Gasteiger partial charge in [-0.15, -0.1) is 0 Å². The van der Waals surface area contributed by atoms with Crippen molar-refractivity contribution in [2.45, 2.75) is 37.8 Å². The van der Waals surface area contributed by atoms with Crippen LogP contribution in [0.5, 0.6) is 5.88 Å². The third-order valence-electron chi connectivity index (χ3n) is 3.96. The summed E-state index contributed by atoms with van der Waals surface area (Å²) in [7, 11) is 0. The average Bonchev–Trinajstić information content (AvgIpc) is 2.60. The lowest BCUT2D eigenvalue weighted by Gasteiger charge is -2.29. The van der Waals surface area contributed by atoms with Crippen molar-refractivity contribution in [1.29, 1.82) is 0 Å². The van der Waals surface area contributed by atoms with Crippen molar-refractivity contribution in [2.75, 3.05) is 5.32 Å². The molecule has 1 aromatic heterocycles. The van der Waals surface area contributed by atoms with Gasteiger partial charge in [0.15, 0.2) is 0 Å². The second kappa shape index (κ2) is 7.97. The van der Waals surface area contributed by atoms with Crippen molar-refractivity contribution < 1.29 is 9.53 Å². The van der Waals surface area contributed by atoms with Crippen LogP contribution in [-0.4, -0.2) is 28.1 Å². The monoisotopic (exact) mass is 346 g/mol. The van der Waals surface area contributed by atoms with E-state index in [0.717, 1.165) is 25.7 Å². The van der Waals surface area contributed by atoms with Crippen molar-refractivity contribution in [2.24, 2.45) is 0 Å². The fourth-order valence-corrected chi connectivity index (χ4v) is 2.93. The summed E-state index contributed by atoms with van der Waals surface area (Å²) in [6.45, 7) is 0. The highest BCUT2D eigenvalue weighted by molar-refractivity contribution is 6.33. The van der Waals surface area contributed by atoms with Gasteiger partial charge in [0.05, 0.1) is 16.9 Å². The van der Waals surface area contributed by atoms with Crippen molar-refractivity contribution in [3.8, 4) is 5.88 Å². The normalized spacial score (nSPS) is 20.2. The minimum absolute atomic E-state index is 0.117. The van der Waals surface area contributed by atoms with E-state index >= 15 is 0 Å². The summed E-state index contributed by atoms with van der Waals surface area (Å²) in [6.07, 6.45) is 8.42. The SMILES string of the molecule is O=C(Nc1ccccc1Cl)NC1CCC(Oc2cnccn2)CC1. The molecule has 126 valence electrons. The Morgan fingerprint density at radius 2 is 1.96 bits per heavy atom. The van der Waals surface area contributed by atoms with Gasteiger partial charge >= 0.3 is 6.03 Å². The predicted molar refractivity (Wildman–Crippen MR) is 92.3 cm³/mol. The van der Waals surface area contributed by atoms with E-state index in [2.05, 4.69) is 20.6 Å². The number of nitrogens with one attached hydrogen (secondary N) is 2. The molecule has 2 aromatic rings. The maximum Gasteiger partial charge on any atom is 0.319 e. The zero-order chi connectivity index (χ0) is 16.8. The molecule has 1 aromatic carbocycles. The molecule has 3 rings (SSSR count). The average molecular weight is 347 g/mol. The van der Waals surface area contributed by atoms with Crippen LogP contribution in [0.2, 0.25) is 5.02 Å². The molecule has 2 amide bonds. The Morgan fingerprint density at radius 1 is 1.17 bits per heavy atom. The summed E-state index contributed by atoms with van der Waals surface area (Å²) >= 11 is 6.04. The minimum atomic E-state index is -0.235. The van der Waals surface area contributed by atoms with E-state index in [1.54, 1.807) is 30.7 Å². The first kappa shape index (κ1) is 16.5. The molecular formula is C17H19ClN4O2. The van der Waals surface area contributed by atoms with Crippen LogP contribution in [0.25, 0.3) is 0 Å². The van der Waals surface area contributed by atoms with Crippen molar-refractivity contribution in [3.63, 3.8) is 0 Å². The topological polar surface area (TPSA) is 76.1 Å². The van der Waals surface area contributed by atoms with E-state index in [1.165, 1.54) is 0 Å². The molecule has 1 aliphatic rings. The van der Waals surface area contributed by atoms with E-state index in [0.29, 0.717) is 16.6 Å². The molecule has 6 nitrogen and oxygen atoms in total. The number of amides is 2. The minimum Gasteiger partial charge on any atom is -0.473 e. The van der Waals surface area contributed by atoms with E-state index in [-0.39, 0.29) is 18.2 Å². The lowest BCUT2D eigenvalue weighted by molar-refractivity contribution is 0.135. The zero-order valence-corrected chi connectivity index (χ0v) is 13.9. The van der Waals surface area contributed by atoms with Gasteiger partial charge in [0.2, 0.25) is 5.88 Å². The first-order valence-electron chi connectivity index (χ1n) is 7.95. The highest BCUT2D eigenvalue weighted by Gasteiger charge is 2.24. The fourth-order valence-electron chi connectivity index (χ4n) is 2.75. The number of urea groups is 1. The molecule has 0 unspecified atom stereocenters. The summed E-state index contributed by atoms with van der Waals surface area (Å²) in [5, 5.41) is 6.29. The Kier molecular flexibility index (Phi) is 5.48. The number of nitrogens with zero attached hydrogens (tertiary/aromatic N) is 2. The predicted octanol–water partition coefficient (Wildman–Crippen LogP) is 3.64. The largest absolute Gasteiger partial charge is 0.473 e. The van der Waals surface area contributed by atoms with Gasteiger partial charge in [-0.05, 0) is 37.8 Å². The molecule has 0 atom stereocenters. The van der Waals surface area contributed by atoms with Gasteiger partial charge in [0.25, 0.3) is 0 Å². The van der Waals surface area contributed by atoms with E-state index in [9.17, 15) is 4.79 Å². The number of benzene rings is 1. The molecule has 0 radical (unpaired) electrons. The first-order chi connectivity index (χ1) is 11.7. The van der Waals surface area contributed by atoms with E-state index in [4.69, 9.17) is 16.3 Å². The van der Waals surface area contributed by atoms with Gasteiger partial charge in [-0.2, -0.15) is 0 Å². The van der Waals surface area contributed by atoms with Crippen molar-refractivity contribution in [1.82, 2.24) is 15.3 Å². The second-order valence-corrected chi connectivity index (χ2v) is 6.12. The smallest absolute Gasteiger partial charge is 0.319 e. The van der Waals surface area contributed by atoms with Gasteiger partial charge in [-0.3, -0.25) is 4.98 Å². The van der Waals surface area contributed by atoms with Crippen LogP contribution < -0.4 is 15.4 Å². The summed E-state index contributed by atoms with van der Waals surface area (Å²) in [5.41, 5.74) is 0.608. The van der Waals surface area contributed by atoms with Crippen molar-refractivity contribution in [3.05, 3.63) is 47.9 Å². The van der Waals surface area contributed by atoms with Crippen LogP contribution in [0.1, 0.15) is 25.7 Å². The molecule has 1 heterocycles. The number of aromatic nitrogens is 2. The maximum absolute atomic E-state index is 12.1. The molecular weight excluding hydrogens is 328 g/mol. The van der Waals surface area contributed by atoms with Crippen molar-refractivity contribution >= 4 is 23.3 Å². The van der Waals surface area contributed by atoms with Gasteiger partial charge in [-0.25, -0.2) is 9.78 Å². The maximum atomic E-state index is 12.1. The Balaban J connectivity index is 1.43. The molecule has 2 N–H and O–H groups in total. The third-order valence-corrected chi connectivity index (χ3v) is 4.29. The second-order valence-electron chi connectivity index (χ2n) is 5.71. The first-order valence-corrected chi connectivity index (χ1v) is 8.33. The van der Waals surface area contributed by atoms with Crippen LogP contribution in [0, 0.1) is 0 Å². The Labute approximate surface area is 145 Å². The molecule has 0 aliphatic heterocycles. The number of hydrogen-bond donors (Lipinski definition) is 2. The summed E-state index contributed by atoms with van der Waals surface area (Å²) in [5.74, 6) is 0.547. The molecule has 1 fully saturated rings. The number of ether oxygens (including phenoxy) is 1.